The molecule has 1 fully saturated rings. The second-order valence-electron chi connectivity index (χ2n) is 5.39. The lowest BCUT2D eigenvalue weighted by molar-refractivity contribution is -0.149. The largest absolute Gasteiger partial charge is 0.461 e. The molecule has 1 aromatic carbocycles. The number of hydrogen-bond acceptors (Lipinski definition) is 3. The summed E-state index contributed by atoms with van der Waals surface area (Å²) in [5.41, 5.74) is 1.34. The quantitative estimate of drug-likeness (QED) is 0.640. The Morgan fingerprint density at radius 3 is 2.86 bits per heavy atom. The molecule has 0 bridgehead atoms. The van der Waals surface area contributed by atoms with Crippen LogP contribution < -0.4 is 0 Å². The minimum Gasteiger partial charge on any atom is -0.461 e. The summed E-state index contributed by atoms with van der Waals surface area (Å²) in [5.74, 6) is -0.258. The number of halogens is 1. The molecule has 3 rings (SSSR count). The van der Waals surface area contributed by atoms with Gasteiger partial charge in [0.2, 0.25) is 0 Å². The highest BCUT2D eigenvalue weighted by Gasteiger charge is 2.20. The number of ether oxygens (including phenoxy) is 1. The Morgan fingerprint density at radius 1 is 1.38 bits per heavy atom. The zero-order valence-corrected chi connectivity index (χ0v) is 12.3. The van der Waals surface area contributed by atoms with E-state index in [0.717, 1.165) is 42.9 Å². The smallest absolute Gasteiger partial charge is 0.326 e. The van der Waals surface area contributed by atoms with Crippen molar-refractivity contribution < 1.29 is 14.3 Å². The van der Waals surface area contributed by atoms with E-state index in [4.69, 9.17) is 16.3 Å². The van der Waals surface area contributed by atoms with Gasteiger partial charge in [0.15, 0.2) is 6.29 Å². The van der Waals surface area contributed by atoms with Crippen molar-refractivity contribution in [2.45, 2.75) is 38.3 Å². The predicted molar refractivity (Wildman–Crippen MR) is 80.7 cm³/mol. The molecule has 0 amide bonds. The summed E-state index contributed by atoms with van der Waals surface area (Å²) in [4.78, 5) is 23.2. The number of fused-ring (bicyclic) bond motifs is 1. The Kier molecular flexibility index (Phi) is 3.97. The molecule has 0 saturated heterocycles. The van der Waals surface area contributed by atoms with Crippen molar-refractivity contribution >= 4 is 34.8 Å². The Bertz CT molecular complexity index is 686. The maximum atomic E-state index is 12.0. The molecule has 0 unspecified atom stereocenters. The maximum absolute atomic E-state index is 12.0. The first-order chi connectivity index (χ1) is 10.2. The monoisotopic (exact) mass is 305 g/mol. The molecule has 1 heterocycles. The third-order valence-electron chi connectivity index (χ3n) is 3.90. The number of carbonyl (C=O) groups excluding carboxylic acids is 2. The molecule has 1 aliphatic rings. The van der Waals surface area contributed by atoms with E-state index in [1.807, 2.05) is 6.07 Å². The van der Waals surface area contributed by atoms with E-state index in [1.54, 1.807) is 22.9 Å². The first-order valence-electron chi connectivity index (χ1n) is 7.10. The molecular formula is C16H16ClNO3. The van der Waals surface area contributed by atoms with Crippen molar-refractivity contribution in [2.24, 2.45) is 0 Å². The number of esters is 1. The second kappa shape index (κ2) is 5.90. The Morgan fingerprint density at radius 2 is 2.14 bits per heavy atom. The Labute approximate surface area is 127 Å². The van der Waals surface area contributed by atoms with Crippen molar-refractivity contribution in [3.63, 3.8) is 0 Å². The van der Waals surface area contributed by atoms with Gasteiger partial charge in [-0.1, -0.05) is 11.6 Å². The van der Waals surface area contributed by atoms with E-state index in [0.29, 0.717) is 10.6 Å². The Hall–Kier alpha value is -1.81. The van der Waals surface area contributed by atoms with Crippen LogP contribution in [0.2, 0.25) is 5.02 Å². The van der Waals surface area contributed by atoms with Crippen LogP contribution in [-0.2, 0) is 16.1 Å². The van der Waals surface area contributed by atoms with Gasteiger partial charge in [-0.15, -0.1) is 0 Å². The summed E-state index contributed by atoms with van der Waals surface area (Å²) in [5, 5.41) is 1.32. The number of hydrogen-bond donors (Lipinski definition) is 0. The van der Waals surface area contributed by atoms with E-state index in [9.17, 15) is 9.59 Å². The summed E-state index contributed by atoms with van der Waals surface area (Å²) in [6.07, 6.45) is 6.65. The topological polar surface area (TPSA) is 48.3 Å². The fraction of sp³-hybridized carbons (Fsp3) is 0.375. The van der Waals surface area contributed by atoms with Gasteiger partial charge < -0.3 is 9.30 Å². The number of carbonyl (C=O) groups is 2. The van der Waals surface area contributed by atoms with Gasteiger partial charge in [0, 0.05) is 27.7 Å². The molecular weight excluding hydrogens is 290 g/mol. The molecule has 4 nitrogen and oxygen atoms in total. The maximum Gasteiger partial charge on any atom is 0.326 e. The molecule has 1 saturated carbocycles. The highest BCUT2D eigenvalue weighted by Crippen LogP contribution is 2.25. The van der Waals surface area contributed by atoms with Gasteiger partial charge in [0.1, 0.15) is 12.6 Å². The highest BCUT2D eigenvalue weighted by molar-refractivity contribution is 6.31. The Balaban J connectivity index is 1.83. The first kappa shape index (κ1) is 14.1. The van der Waals surface area contributed by atoms with Gasteiger partial charge in [-0.05, 0) is 43.9 Å². The average Bonchev–Trinajstić information content (AvgIpc) is 3.07. The SMILES string of the molecule is O=Cc1cn(CC(=O)OC2CCCC2)c2ccc(Cl)cc12. The van der Waals surface area contributed by atoms with E-state index >= 15 is 0 Å². The lowest BCUT2D eigenvalue weighted by Gasteiger charge is -2.12. The van der Waals surface area contributed by atoms with Crippen LogP contribution in [0.5, 0.6) is 0 Å². The number of aromatic nitrogens is 1. The molecule has 0 radical (unpaired) electrons. The molecule has 1 aliphatic carbocycles. The van der Waals surface area contributed by atoms with Crippen LogP contribution >= 0.6 is 11.6 Å². The number of aldehydes is 1. The second-order valence-corrected chi connectivity index (χ2v) is 5.82. The van der Waals surface area contributed by atoms with E-state index in [-0.39, 0.29) is 18.6 Å². The van der Waals surface area contributed by atoms with Gasteiger partial charge in [0.25, 0.3) is 0 Å². The van der Waals surface area contributed by atoms with Crippen LogP contribution in [0, 0.1) is 0 Å². The molecule has 0 aliphatic heterocycles. The molecule has 0 spiro atoms. The number of rotatable bonds is 4. The van der Waals surface area contributed by atoms with Crippen molar-refractivity contribution in [1.82, 2.24) is 4.57 Å². The fourth-order valence-corrected chi connectivity index (χ4v) is 3.06. The van der Waals surface area contributed by atoms with Gasteiger partial charge in [-0.3, -0.25) is 9.59 Å². The van der Waals surface area contributed by atoms with E-state index in [2.05, 4.69) is 0 Å². The molecule has 5 heteroatoms. The van der Waals surface area contributed by atoms with Crippen LogP contribution in [0.1, 0.15) is 36.0 Å². The van der Waals surface area contributed by atoms with E-state index < -0.39 is 0 Å². The average molecular weight is 306 g/mol. The van der Waals surface area contributed by atoms with Crippen LogP contribution in [0.25, 0.3) is 10.9 Å². The highest BCUT2D eigenvalue weighted by atomic mass is 35.5. The standard InChI is InChI=1S/C16H16ClNO3/c17-12-5-6-15-14(7-12)11(10-19)8-18(15)9-16(20)21-13-3-1-2-4-13/h5-8,10,13H,1-4,9H2. The van der Waals surface area contributed by atoms with Crippen molar-refractivity contribution in [3.05, 3.63) is 35.0 Å². The summed E-state index contributed by atoms with van der Waals surface area (Å²) in [6, 6.07) is 5.30. The predicted octanol–water partition coefficient (Wildman–Crippen LogP) is 3.59. The normalized spacial score (nSPS) is 15.5. The van der Waals surface area contributed by atoms with Crippen LogP contribution in [0.4, 0.5) is 0 Å². The summed E-state index contributed by atoms with van der Waals surface area (Å²) < 4.78 is 7.20. The third-order valence-corrected chi connectivity index (χ3v) is 4.14. The zero-order valence-electron chi connectivity index (χ0n) is 11.5. The van der Waals surface area contributed by atoms with Crippen molar-refractivity contribution in [3.8, 4) is 0 Å². The van der Waals surface area contributed by atoms with E-state index in [1.165, 1.54) is 0 Å². The van der Waals surface area contributed by atoms with Gasteiger partial charge in [-0.25, -0.2) is 0 Å². The molecule has 1 aromatic heterocycles. The minimum atomic E-state index is -0.258. The van der Waals surface area contributed by atoms with Gasteiger partial charge in [0.05, 0.1) is 0 Å². The lowest BCUT2D eigenvalue weighted by Crippen LogP contribution is -2.19. The minimum absolute atomic E-state index is 0.0549. The van der Waals surface area contributed by atoms with Crippen molar-refractivity contribution in [1.29, 1.82) is 0 Å². The molecule has 110 valence electrons. The van der Waals surface area contributed by atoms with Gasteiger partial charge in [-0.2, -0.15) is 0 Å². The molecule has 0 atom stereocenters. The number of benzene rings is 1. The summed E-state index contributed by atoms with van der Waals surface area (Å²) >= 11 is 5.96. The third kappa shape index (κ3) is 2.95. The van der Waals surface area contributed by atoms with Crippen LogP contribution in [0.15, 0.2) is 24.4 Å². The van der Waals surface area contributed by atoms with Crippen molar-refractivity contribution in [2.75, 3.05) is 0 Å². The molecule has 2 aromatic rings. The van der Waals surface area contributed by atoms with Crippen LogP contribution in [0.3, 0.4) is 0 Å². The summed E-state index contributed by atoms with van der Waals surface area (Å²) in [6.45, 7) is 0.114. The van der Waals surface area contributed by atoms with Gasteiger partial charge >= 0.3 is 5.97 Å². The van der Waals surface area contributed by atoms with Crippen LogP contribution in [-0.4, -0.2) is 22.9 Å². The molecule has 0 N–H and O–H groups in total. The zero-order chi connectivity index (χ0) is 14.8. The fourth-order valence-electron chi connectivity index (χ4n) is 2.89. The number of nitrogens with zero attached hydrogens (tertiary/aromatic N) is 1. The summed E-state index contributed by atoms with van der Waals surface area (Å²) in [7, 11) is 0. The first-order valence-corrected chi connectivity index (χ1v) is 7.48. The lowest BCUT2D eigenvalue weighted by atomic mass is 10.2. The molecule has 21 heavy (non-hydrogen) atoms.